The summed E-state index contributed by atoms with van der Waals surface area (Å²) >= 11 is 0. The van der Waals surface area contributed by atoms with Crippen molar-refractivity contribution in [2.75, 3.05) is 0 Å². The largest absolute Gasteiger partial charge is 0.512 e. The second-order valence-electron chi connectivity index (χ2n) is 9.46. The van der Waals surface area contributed by atoms with Crippen LogP contribution in [0.5, 0.6) is 0 Å². The van der Waals surface area contributed by atoms with Crippen molar-refractivity contribution in [1.82, 2.24) is 15.0 Å². The Bertz CT molecular complexity index is 1010. The number of nitrogens with zero attached hydrogens (tertiary/aromatic N) is 3. The summed E-state index contributed by atoms with van der Waals surface area (Å²) in [6.07, 6.45) is 2.28. The van der Waals surface area contributed by atoms with Gasteiger partial charge in [0.2, 0.25) is 0 Å². The normalized spacial score (nSPS) is 12.0. The number of carbonyl (C=O) groups is 1. The average molecular weight is 599 g/mol. The van der Waals surface area contributed by atoms with Crippen LogP contribution in [-0.4, -0.2) is 25.9 Å². The molecule has 0 spiro atoms. The minimum absolute atomic E-state index is 0. The number of ketones is 1. The smallest absolute Gasteiger partial charge is 0.155 e. The molecule has 0 aliphatic rings. The van der Waals surface area contributed by atoms with Crippen LogP contribution >= 0.6 is 0 Å². The van der Waals surface area contributed by atoms with Crippen LogP contribution in [0.2, 0.25) is 0 Å². The van der Waals surface area contributed by atoms with Crippen LogP contribution in [0.4, 0.5) is 0 Å². The van der Waals surface area contributed by atoms with Crippen molar-refractivity contribution in [3.05, 3.63) is 65.9 Å². The number of aliphatic hydroxyl groups excluding tert-OH is 1. The molecule has 0 bridgehead atoms. The quantitative estimate of drug-likeness (QED) is 0.228. The van der Waals surface area contributed by atoms with E-state index < -0.39 is 0 Å². The zero-order valence-electron chi connectivity index (χ0n) is 19.4. The first-order valence-electron chi connectivity index (χ1n) is 10.1. The number of aromatic nitrogens is 3. The summed E-state index contributed by atoms with van der Waals surface area (Å²) in [7, 11) is 0. The van der Waals surface area contributed by atoms with Crippen LogP contribution < -0.4 is 0 Å². The maximum Gasteiger partial charge on any atom is 0.155 e. The number of carbonyl (C=O) groups excluding carboxylic acids is 1. The molecule has 0 saturated carbocycles. The Kier molecular flexibility index (Phi) is 9.34. The van der Waals surface area contributed by atoms with Crippen molar-refractivity contribution in [1.29, 1.82) is 0 Å². The van der Waals surface area contributed by atoms with Crippen LogP contribution in [0.25, 0.3) is 16.7 Å². The van der Waals surface area contributed by atoms with Crippen molar-refractivity contribution < 1.29 is 30.0 Å². The fourth-order valence-electron chi connectivity index (χ4n) is 3.68. The van der Waals surface area contributed by atoms with Gasteiger partial charge in [-0.05, 0) is 48.9 Å². The Morgan fingerprint density at radius 3 is 2.03 bits per heavy atom. The second-order valence-corrected chi connectivity index (χ2v) is 9.46. The van der Waals surface area contributed by atoms with E-state index >= 15 is 0 Å². The van der Waals surface area contributed by atoms with Gasteiger partial charge in [-0.2, -0.15) is 33.2 Å². The van der Waals surface area contributed by atoms with Crippen molar-refractivity contribution >= 4 is 16.8 Å². The Morgan fingerprint density at radius 1 is 1.06 bits per heavy atom. The Balaban J connectivity index is 0.000000523. The Labute approximate surface area is 198 Å². The van der Waals surface area contributed by atoms with E-state index in [0.717, 1.165) is 23.1 Å². The van der Waals surface area contributed by atoms with Crippen LogP contribution in [0, 0.1) is 11.5 Å². The predicted molar refractivity (Wildman–Crippen MR) is 122 cm³/mol. The fourth-order valence-corrected chi connectivity index (χ4v) is 3.68. The van der Waals surface area contributed by atoms with Gasteiger partial charge in [-0.15, -0.1) is 11.6 Å². The molecule has 1 aromatic heterocycles. The molecule has 0 atom stereocenters. The topological polar surface area (TPSA) is 68.0 Å². The van der Waals surface area contributed by atoms with E-state index in [1.54, 1.807) is 4.80 Å². The van der Waals surface area contributed by atoms with Crippen molar-refractivity contribution in [3.63, 3.8) is 0 Å². The number of hydrogen-bond donors (Lipinski definition) is 1. The fraction of sp³-hybridized carbons (Fsp3) is 0.400. The van der Waals surface area contributed by atoms with E-state index in [0.29, 0.717) is 0 Å². The average Bonchev–Trinajstić information content (AvgIpc) is 3.03. The Morgan fingerprint density at radius 2 is 1.61 bits per heavy atom. The number of hydrogen-bond acceptors (Lipinski definition) is 4. The monoisotopic (exact) mass is 599 g/mol. The summed E-state index contributed by atoms with van der Waals surface area (Å²) in [4.78, 5) is 11.7. The van der Waals surface area contributed by atoms with E-state index in [-0.39, 0.29) is 42.5 Å². The zero-order valence-corrected chi connectivity index (χ0v) is 21.8. The number of fused-ring (bicyclic) bond motifs is 1. The van der Waals surface area contributed by atoms with E-state index in [9.17, 15) is 4.79 Å². The first kappa shape index (κ1) is 26.7. The molecule has 1 N–H and O–H groups in total. The molecule has 169 valence electrons. The molecule has 1 heterocycles. The van der Waals surface area contributed by atoms with E-state index in [1.807, 2.05) is 30.3 Å². The first-order chi connectivity index (χ1) is 13.9. The van der Waals surface area contributed by atoms with E-state index in [1.165, 1.54) is 25.5 Å². The molecule has 0 amide bonds. The predicted octanol–water partition coefficient (Wildman–Crippen LogP) is 5.97. The van der Waals surface area contributed by atoms with Crippen LogP contribution in [0.3, 0.4) is 0 Å². The van der Waals surface area contributed by atoms with Gasteiger partial charge in [0, 0.05) is 26.2 Å². The summed E-state index contributed by atoms with van der Waals surface area (Å²) in [5, 5.41) is 17.5. The standard InChI is InChI=1S/C20H24N3.C5H8O2.Ir/c1-19(2,3)14-20(4,5)15-9-8-10-16(13-15)23-21-17-11-6-7-12-18(17)22-23;1-4(6)3-5(2)7;/h6-9,11-13H,14H2,1-5H3;3,6H,1-2H3;/q-1;;/b;4-3-;. The van der Waals surface area contributed by atoms with Crippen molar-refractivity contribution in [2.24, 2.45) is 5.41 Å². The molecule has 6 heteroatoms. The van der Waals surface area contributed by atoms with Crippen molar-refractivity contribution in [3.8, 4) is 5.69 Å². The molecule has 31 heavy (non-hydrogen) atoms. The van der Waals surface area contributed by atoms with Crippen molar-refractivity contribution in [2.45, 2.75) is 60.3 Å². The molecule has 0 unspecified atom stereocenters. The molecule has 0 fully saturated rings. The molecule has 0 aliphatic heterocycles. The van der Waals surface area contributed by atoms with Crippen LogP contribution in [-0.2, 0) is 30.3 Å². The third kappa shape index (κ3) is 8.39. The Hall–Kier alpha value is -2.30. The molecular formula is C25H32IrN3O2-. The third-order valence-corrected chi connectivity index (χ3v) is 4.45. The molecule has 3 aromatic rings. The second kappa shape index (κ2) is 10.8. The van der Waals surface area contributed by atoms with Gasteiger partial charge in [0.05, 0.1) is 5.76 Å². The molecule has 2 aromatic carbocycles. The molecular weight excluding hydrogens is 567 g/mol. The summed E-state index contributed by atoms with van der Waals surface area (Å²) in [5.41, 5.74) is 4.36. The van der Waals surface area contributed by atoms with E-state index in [4.69, 9.17) is 5.11 Å². The molecule has 0 saturated heterocycles. The van der Waals surface area contributed by atoms with Gasteiger partial charge < -0.3 is 5.11 Å². The van der Waals surface area contributed by atoms with Gasteiger partial charge in [-0.3, -0.25) is 4.79 Å². The van der Waals surface area contributed by atoms with Crippen LogP contribution in [0.15, 0.2) is 54.3 Å². The van der Waals surface area contributed by atoms with Crippen LogP contribution in [0.1, 0.15) is 60.5 Å². The first-order valence-corrected chi connectivity index (χ1v) is 10.1. The minimum atomic E-state index is -0.125. The van der Waals surface area contributed by atoms with Gasteiger partial charge in [0.25, 0.3) is 0 Å². The number of aliphatic hydroxyl groups is 1. The maximum atomic E-state index is 10.0. The number of allylic oxidation sites excluding steroid dienone is 2. The summed E-state index contributed by atoms with van der Waals surface area (Å²) in [6, 6.07) is 17.5. The van der Waals surface area contributed by atoms with Gasteiger partial charge >= 0.3 is 0 Å². The van der Waals surface area contributed by atoms with Gasteiger partial charge in [0.15, 0.2) is 5.78 Å². The zero-order chi connectivity index (χ0) is 22.5. The molecule has 0 aliphatic carbocycles. The van der Waals surface area contributed by atoms with Gasteiger partial charge in [-0.25, -0.2) is 0 Å². The van der Waals surface area contributed by atoms with E-state index in [2.05, 4.69) is 63.0 Å². The third-order valence-electron chi connectivity index (χ3n) is 4.45. The molecule has 1 radical (unpaired) electrons. The summed E-state index contributed by atoms with van der Waals surface area (Å²) < 4.78 is 0. The van der Waals surface area contributed by atoms with Gasteiger partial charge in [-0.1, -0.05) is 46.8 Å². The number of rotatable bonds is 4. The molecule has 5 nitrogen and oxygen atoms in total. The summed E-state index contributed by atoms with van der Waals surface area (Å²) in [6.45, 7) is 14.3. The minimum Gasteiger partial charge on any atom is -0.512 e. The van der Waals surface area contributed by atoms with Gasteiger partial charge in [0.1, 0.15) is 11.0 Å². The summed E-state index contributed by atoms with van der Waals surface area (Å²) in [5.74, 6) is -0.0625. The maximum absolute atomic E-state index is 10.0. The number of benzene rings is 2. The molecule has 3 rings (SSSR count). The SMILES string of the molecule is CC(=O)/C=C(/C)O.CC(C)(C)CC(C)(C)c1cc[c-]c(-n2nc3ccccc3n2)c1.[Ir].